The van der Waals surface area contributed by atoms with Gasteiger partial charge in [0, 0.05) is 17.1 Å². The molecule has 0 radical (unpaired) electrons. The quantitative estimate of drug-likeness (QED) is 0.800. The Kier molecular flexibility index (Phi) is 5.99. The lowest BCUT2D eigenvalue weighted by atomic mass is 10.1. The molecule has 3 heteroatoms. The molecular formula is C16H24ClNO. The third-order valence-corrected chi connectivity index (χ3v) is 3.92. The Morgan fingerprint density at radius 1 is 1.21 bits per heavy atom. The Morgan fingerprint density at radius 2 is 1.95 bits per heavy atom. The summed E-state index contributed by atoms with van der Waals surface area (Å²) in [6.07, 6.45) is 8.04. The van der Waals surface area contributed by atoms with E-state index in [0.717, 1.165) is 23.9 Å². The summed E-state index contributed by atoms with van der Waals surface area (Å²) in [4.78, 5) is 0. The lowest BCUT2D eigenvalue weighted by Crippen LogP contribution is -2.18. The first-order valence-corrected chi connectivity index (χ1v) is 7.83. The molecule has 0 aliphatic heterocycles. The molecule has 0 spiro atoms. The van der Waals surface area contributed by atoms with Crippen LogP contribution >= 0.6 is 11.6 Å². The van der Waals surface area contributed by atoms with Gasteiger partial charge in [-0.1, -0.05) is 31.4 Å². The minimum Gasteiger partial charge on any atom is -0.490 e. The third kappa shape index (κ3) is 4.70. The van der Waals surface area contributed by atoms with Gasteiger partial charge in [0.1, 0.15) is 5.75 Å². The maximum atomic E-state index is 6.22. The second kappa shape index (κ2) is 7.76. The zero-order valence-electron chi connectivity index (χ0n) is 11.8. The lowest BCUT2D eigenvalue weighted by molar-refractivity contribution is 0.181. The minimum absolute atomic E-state index is 0.379. The smallest absolute Gasteiger partial charge is 0.124 e. The minimum atomic E-state index is 0.379. The van der Waals surface area contributed by atoms with Gasteiger partial charge in [-0.05, 0) is 50.4 Å². The van der Waals surface area contributed by atoms with Gasteiger partial charge < -0.3 is 10.1 Å². The van der Waals surface area contributed by atoms with Gasteiger partial charge in [-0.3, -0.25) is 0 Å². The zero-order valence-corrected chi connectivity index (χ0v) is 12.5. The fraction of sp³-hybridized carbons (Fsp3) is 0.625. The second-order valence-corrected chi connectivity index (χ2v) is 5.70. The van der Waals surface area contributed by atoms with Crippen LogP contribution in [-0.4, -0.2) is 12.6 Å². The maximum Gasteiger partial charge on any atom is 0.124 e. The van der Waals surface area contributed by atoms with E-state index in [2.05, 4.69) is 12.2 Å². The Labute approximate surface area is 121 Å². The highest BCUT2D eigenvalue weighted by Crippen LogP contribution is 2.27. The van der Waals surface area contributed by atoms with Crippen molar-refractivity contribution in [2.24, 2.45) is 0 Å². The first-order chi connectivity index (χ1) is 9.29. The number of ether oxygens (including phenoxy) is 1. The summed E-state index contributed by atoms with van der Waals surface area (Å²) < 4.78 is 6.22. The van der Waals surface area contributed by atoms with Gasteiger partial charge in [0.2, 0.25) is 0 Å². The van der Waals surface area contributed by atoms with Crippen molar-refractivity contribution in [1.82, 2.24) is 5.32 Å². The van der Waals surface area contributed by atoms with Gasteiger partial charge in [0.15, 0.2) is 0 Å². The number of hydrogen-bond acceptors (Lipinski definition) is 2. The average molecular weight is 282 g/mol. The Balaban J connectivity index is 2.04. The van der Waals surface area contributed by atoms with Crippen molar-refractivity contribution in [3.8, 4) is 5.75 Å². The van der Waals surface area contributed by atoms with E-state index in [1.54, 1.807) is 0 Å². The molecule has 0 atom stereocenters. The van der Waals surface area contributed by atoms with Crippen LogP contribution in [0, 0.1) is 0 Å². The summed E-state index contributed by atoms with van der Waals surface area (Å²) in [5.41, 5.74) is 1.17. The molecular weight excluding hydrogens is 258 g/mol. The molecule has 1 fully saturated rings. The molecule has 2 nitrogen and oxygen atoms in total. The average Bonchev–Trinajstić information content (AvgIpc) is 2.67. The van der Waals surface area contributed by atoms with E-state index in [-0.39, 0.29) is 0 Å². The van der Waals surface area contributed by atoms with E-state index in [1.165, 1.54) is 44.1 Å². The summed E-state index contributed by atoms with van der Waals surface area (Å²) in [5.74, 6) is 0.997. The predicted molar refractivity (Wildman–Crippen MR) is 81.0 cm³/mol. The van der Waals surface area contributed by atoms with Crippen molar-refractivity contribution in [3.63, 3.8) is 0 Å². The van der Waals surface area contributed by atoms with E-state index in [9.17, 15) is 0 Å². The van der Waals surface area contributed by atoms with Crippen molar-refractivity contribution in [2.45, 2.75) is 58.1 Å². The first-order valence-electron chi connectivity index (χ1n) is 7.45. The van der Waals surface area contributed by atoms with Crippen LogP contribution in [0.5, 0.6) is 5.75 Å². The largest absolute Gasteiger partial charge is 0.490 e. The van der Waals surface area contributed by atoms with Gasteiger partial charge in [0.05, 0.1) is 6.10 Å². The van der Waals surface area contributed by atoms with Crippen molar-refractivity contribution in [2.75, 3.05) is 6.54 Å². The van der Waals surface area contributed by atoms with Crippen LogP contribution in [0.3, 0.4) is 0 Å². The van der Waals surface area contributed by atoms with Crippen LogP contribution in [0.4, 0.5) is 0 Å². The van der Waals surface area contributed by atoms with Crippen molar-refractivity contribution in [3.05, 3.63) is 28.8 Å². The van der Waals surface area contributed by atoms with Crippen LogP contribution in [0.15, 0.2) is 18.2 Å². The summed E-state index contributed by atoms with van der Waals surface area (Å²) >= 11 is 6.08. The fourth-order valence-electron chi connectivity index (χ4n) is 2.60. The van der Waals surface area contributed by atoms with Crippen LogP contribution in [0.25, 0.3) is 0 Å². The summed E-state index contributed by atoms with van der Waals surface area (Å²) in [6, 6.07) is 5.94. The predicted octanol–water partition coefficient (Wildman–Crippen LogP) is 4.55. The van der Waals surface area contributed by atoms with Gasteiger partial charge >= 0.3 is 0 Å². The number of hydrogen-bond donors (Lipinski definition) is 1. The van der Waals surface area contributed by atoms with Crippen molar-refractivity contribution in [1.29, 1.82) is 0 Å². The third-order valence-electron chi connectivity index (χ3n) is 3.68. The monoisotopic (exact) mass is 281 g/mol. The molecule has 106 valence electrons. The standard InChI is InChI=1S/C16H24ClNO/c1-2-18-12-13-11-14(17)9-10-16(13)19-15-7-5-3-4-6-8-15/h9-11,15,18H,2-8,12H2,1H3. The molecule has 0 amide bonds. The molecule has 0 heterocycles. The number of rotatable bonds is 5. The van der Waals surface area contributed by atoms with E-state index in [0.29, 0.717) is 6.10 Å². The Bertz CT molecular complexity index is 386. The molecule has 1 N–H and O–H groups in total. The molecule has 1 aromatic rings. The van der Waals surface area contributed by atoms with Crippen LogP contribution in [0.2, 0.25) is 5.02 Å². The lowest BCUT2D eigenvalue weighted by Gasteiger charge is -2.19. The SMILES string of the molecule is CCNCc1cc(Cl)ccc1OC1CCCCCC1. The molecule has 0 bridgehead atoms. The second-order valence-electron chi connectivity index (χ2n) is 5.26. The number of nitrogens with one attached hydrogen (secondary N) is 1. The summed E-state index contributed by atoms with van der Waals surface area (Å²) in [6.45, 7) is 3.88. The number of halogens is 1. The van der Waals surface area contributed by atoms with Crippen LogP contribution < -0.4 is 10.1 Å². The van der Waals surface area contributed by atoms with Gasteiger partial charge in [0.25, 0.3) is 0 Å². The molecule has 19 heavy (non-hydrogen) atoms. The van der Waals surface area contributed by atoms with E-state index in [1.807, 2.05) is 18.2 Å². The highest BCUT2D eigenvalue weighted by Gasteiger charge is 2.15. The summed E-state index contributed by atoms with van der Waals surface area (Å²) in [7, 11) is 0. The molecule has 0 saturated heterocycles. The molecule has 0 aromatic heterocycles. The van der Waals surface area contributed by atoms with Crippen molar-refractivity contribution >= 4 is 11.6 Å². The van der Waals surface area contributed by atoms with Gasteiger partial charge in [-0.15, -0.1) is 0 Å². The summed E-state index contributed by atoms with van der Waals surface area (Å²) in [5, 5.41) is 4.12. The molecule has 1 aromatic carbocycles. The molecule has 0 unspecified atom stereocenters. The van der Waals surface area contributed by atoms with Crippen LogP contribution in [-0.2, 0) is 6.54 Å². The molecule has 1 aliphatic rings. The van der Waals surface area contributed by atoms with E-state index >= 15 is 0 Å². The van der Waals surface area contributed by atoms with Crippen LogP contribution in [0.1, 0.15) is 51.0 Å². The Morgan fingerprint density at radius 3 is 2.63 bits per heavy atom. The molecule has 1 saturated carbocycles. The fourth-order valence-corrected chi connectivity index (χ4v) is 2.79. The van der Waals surface area contributed by atoms with Crippen molar-refractivity contribution < 1.29 is 4.74 Å². The first kappa shape index (κ1) is 14.7. The van der Waals surface area contributed by atoms with E-state index < -0.39 is 0 Å². The normalized spacial score (nSPS) is 17.2. The van der Waals surface area contributed by atoms with Gasteiger partial charge in [-0.25, -0.2) is 0 Å². The van der Waals surface area contributed by atoms with Gasteiger partial charge in [-0.2, -0.15) is 0 Å². The topological polar surface area (TPSA) is 21.3 Å². The Hall–Kier alpha value is -0.730. The molecule has 2 rings (SSSR count). The molecule has 1 aliphatic carbocycles. The number of benzene rings is 1. The zero-order chi connectivity index (χ0) is 13.5. The van der Waals surface area contributed by atoms with E-state index in [4.69, 9.17) is 16.3 Å². The highest BCUT2D eigenvalue weighted by atomic mass is 35.5. The highest BCUT2D eigenvalue weighted by molar-refractivity contribution is 6.30. The maximum absolute atomic E-state index is 6.22.